The van der Waals surface area contributed by atoms with Crippen molar-refractivity contribution in [2.45, 2.75) is 13.8 Å². The van der Waals surface area contributed by atoms with Crippen LogP contribution < -0.4 is 4.74 Å². The van der Waals surface area contributed by atoms with Gasteiger partial charge in [0.25, 0.3) is 11.1 Å². The van der Waals surface area contributed by atoms with E-state index >= 15 is 0 Å². The van der Waals surface area contributed by atoms with Crippen LogP contribution in [0.1, 0.15) is 13.8 Å². The largest absolute Gasteiger partial charge is 0.427 e. The number of ether oxygens (including phenoxy) is 1. The highest BCUT2D eigenvalue weighted by molar-refractivity contribution is 7.80. The quantitative estimate of drug-likeness (QED) is 0.585. The second-order valence-electron chi connectivity index (χ2n) is 2.83. The molecule has 0 bridgehead atoms. The van der Waals surface area contributed by atoms with Crippen LogP contribution in [0.25, 0.3) is 0 Å². The Morgan fingerprint density at radius 2 is 2.20 bits per heavy atom. The molecular formula is C10H13FN2OS. The Bertz CT molecular complexity index is 342. The van der Waals surface area contributed by atoms with Gasteiger partial charge in [-0.05, 0) is 38.2 Å². The fraction of sp³-hybridized carbons (Fsp3) is 0.400. The molecular weight excluding hydrogens is 215 g/mol. The Kier molecular flexibility index (Phi) is 4.42. The molecule has 0 amide bonds. The number of aromatic nitrogens is 1. The first-order valence-electron chi connectivity index (χ1n) is 4.76. The van der Waals surface area contributed by atoms with E-state index in [0.29, 0.717) is 0 Å². The number of rotatable bonds is 3. The zero-order valence-electron chi connectivity index (χ0n) is 8.74. The SMILES string of the molecule is CCN(CC)C(=S)Oc1cccnc1F. The molecule has 5 heteroatoms. The van der Waals surface area contributed by atoms with E-state index in [4.69, 9.17) is 17.0 Å². The van der Waals surface area contributed by atoms with Crippen molar-refractivity contribution in [1.29, 1.82) is 0 Å². The molecule has 82 valence electrons. The third kappa shape index (κ3) is 3.13. The molecule has 1 aromatic rings. The maximum atomic E-state index is 13.1. The number of thiocarbonyl (C=S) groups is 1. The lowest BCUT2D eigenvalue weighted by molar-refractivity contribution is 0.365. The molecule has 3 nitrogen and oxygen atoms in total. The first-order chi connectivity index (χ1) is 7.19. The fourth-order valence-electron chi connectivity index (χ4n) is 1.09. The van der Waals surface area contributed by atoms with Gasteiger partial charge in [-0.25, -0.2) is 4.98 Å². The molecule has 1 aromatic heterocycles. The van der Waals surface area contributed by atoms with E-state index in [1.807, 2.05) is 18.7 Å². The molecule has 0 aliphatic rings. The summed E-state index contributed by atoms with van der Waals surface area (Å²) in [5.74, 6) is -0.582. The molecule has 0 saturated carbocycles. The molecule has 15 heavy (non-hydrogen) atoms. The van der Waals surface area contributed by atoms with Crippen LogP contribution in [0.5, 0.6) is 5.75 Å². The molecule has 0 N–H and O–H groups in total. The van der Waals surface area contributed by atoms with Crippen molar-refractivity contribution in [2.75, 3.05) is 13.1 Å². The zero-order valence-corrected chi connectivity index (χ0v) is 9.55. The van der Waals surface area contributed by atoms with Crippen LogP contribution in [0.2, 0.25) is 0 Å². The minimum atomic E-state index is -0.646. The summed E-state index contributed by atoms with van der Waals surface area (Å²) in [6.07, 6.45) is 1.36. The van der Waals surface area contributed by atoms with Crippen LogP contribution in [0.3, 0.4) is 0 Å². The van der Waals surface area contributed by atoms with Gasteiger partial charge in [-0.3, -0.25) is 0 Å². The number of hydrogen-bond donors (Lipinski definition) is 0. The normalized spacial score (nSPS) is 9.80. The van der Waals surface area contributed by atoms with E-state index in [0.717, 1.165) is 13.1 Å². The summed E-state index contributed by atoms with van der Waals surface area (Å²) in [5.41, 5.74) is 0. The smallest absolute Gasteiger partial charge is 0.264 e. The van der Waals surface area contributed by atoms with Crippen molar-refractivity contribution in [1.82, 2.24) is 9.88 Å². The second-order valence-corrected chi connectivity index (χ2v) is 3.18. The molecule has 1 heterocycles. The van der Waals surface area contributed by atoms with Crippen LogP contribution in [0, 0.1) is 5.95 Å². The minimum absolute atomic E-state index is 0.0643. The number of halogens is 1. The molecule has 0 spiro atoms. The maximum absolute atomic E-state index is 13.1. The van der Waals surface area contributed by atoms with E-state index in [1.165, 1.54) is 12.3 Å². The van der Waals surface area contributed by atoms with E-state index in [9.17, 15) is 4.39 Å². The lowest BCUT2D eigenvalue weighted by Crippen LogP contribution is -2.33. The minimum Gasteiger partial charge on any atom is -0.427 e. The van der Waals surface area contributed by atoms with E-state index < -0.39 is 5.95 Å². The Balaban J connectivity index is 2.70. The van der Waals surface area contributed by atoms with Crippen LogP contribution in [0.4, 0.5) is 4.39 Å². The highest BCUT2D eigenvalue weighted by atomic mass is 32.1. The number of nitrogens with zero attached hydrogens (tertiary/aromatic N) is 2. The Hall–Kier alpha value is -1.23. The van der Waals surface area contributed by atoms with Crippen LogP contribution in [-0.2, 0) is 0 Å². The Labute approximate surface area is 93.9 Å². The van der Waals surface area contributed by atoms with Gasteiger partial charge in [0.1, 0.15) is 0 Å². The molecule has 0 aliphatic heterocycles. The van der Waals surface area contributed by atoms with Gasteiger partial charge in [-0.15, -0.1) is 0 Å². The summed E-state index contributed by atoms with van der Waals surface area (Å²) in [6, 6.07) is 3.10. The second kappa shape index (κ2) is 5.60. The van der Waals surface area contributed by atoms with Crippen molar-refractivity contribution in [3.05, 3.63) is 24.3 Å². The average molecular weight is 228 g/mol. The standard InChI is InChI=1S/C10H13FN2OS/c1-3-13(4-2)10(15)14-8-6-5-7-12-9(8)11/h5-7H,3-4H2,1-2H3. The maximum Gasteiger partial charge on any atom is 0.264 e. The lowest BCUT2D eigenvalue weighted by Gasteiger charge is -2.20. The van der Waals surface area contributed by atoms with Crippen LogP contribution in [0.15, 0.2) is 18.3 Å². The van der Waals surface area contributed by atoms with Gasteiger partial charge in [0, 0.05) is 19.3 Å². The van der Waals surface area contributed by atoms with E-state index in [-0.39, 0.29) is 10.9 Å². The van der Waals surface area contributed by atoms with Gasteiger partial charge in [0.05, 0.1) is 0 Å². The highest BCUT2D eigenvalue weighted by Gasteiger charge is 2.10. The summed E-state index contributed by atoms with van der Waals surface area (Å²) < 4.78 is 18.3. The predicted octanol–water partition coefficient (Wildman–Crippen LogP) is 2.23. The van der Waals surface area contributed by atoms with Gasteiger partial charge in [0.15, 0.2) is 5.75 Å². The molecule has 0 radical (unpaired) electrons. The van der Waals surface area contributed by atoms with Gasteiger partial charge in [-0.2, -0.15) is 4.39 Å². The monoisotopic (exact) mass is 228 g/mol. The van der Waals surface area contributed by atoms with Crippen molar-refractivity contribution in [2.24, 2.45) is 0 Å². The Morgan fingerprint density at radius 1 is 1.53 bits per heavy atom. The molecule has 0 atom stereocenters. The van der Waals surface area contributed by atoms with Crippen molar-refractivity contribution >= 4 is 17.4 Å². The first-order valence-corrected chi connectivity index (χ1v) is 5.17. The summed E-state index contributed by atoms with van der Waals surface area (Å²) in [6.45, 7) is 5.38. The van der Waals surface area contributed by atoms with Crippen molar-refractivity contribution in [3.8, 4) is 5.75 Å². The Morgan fingerprint density at radius 3 is 2.73 bits per heavy atom. The van der Waals surface area contributed by atoms with Gasteiger partial charge < -0.3 is 9.64 Å². The van der Waals surface area contributed by atoms with E-state index in [1.54, 1.807) is 6.07 Å². The topological polar surface area (TPSA) is 25.4 Å². The van der Waals surface area contributed by atoms with Gasteiger partial charge in [-0.1, -0.05) is 0 Å². The summed E-state index contributed by atoms with van der Waals surface area (Å²) in [7, 11) is 0. The summed E-state index contributed by atoms with van der Waals surface area (Å²) in [5, 5.41) is 0.270. The van der Waals surface area contributed by atoms with Crippen LogP contribution >= 0.6 is 12.2 Å². The molecule has 0 fully saturated rings. The van der Waals surface area contributed by atoms with E-state index in [2.05, 4.69) is 4.98 Å². The number of pyridine rings is 1. The number of hydrogen-bond acceptors (Lipinski definition) is 3. The highest BCUT2D eigenvalue weighted by Crippen LogP contribution is 2.14. The molecule has 1 rings (SSSR count). The fourth-order valence-corrected chi connectivity index (χ4v) is 1.44. The third-order valence-corrected chi connectivity index (χ3v) is 2.29. The molecule has 0 aliphatic carbocycles. The molecule has 0 saturated heterocycles. The zero-order chi connectivity index (χ0) is 11.3. The van der Waals surface area contributed by atoms with Crippen molar-refractivity contribution < 1.29 is 9.13 Å². The average Bonchev–Trinajstić information content (AvgIpc) is 2.23. The van der Waals surface area contributed by atoms with Gasteiger partial charge in [0.2, 0.25) is 0 Å². The molecule has 0 unspecified atom stereocenters. The van der Waals surface area contributed by atoms with Crippen molar-refractivity contribution in [3.63, 3.8) is 0 Å². The third-order valence-electron chi connectivity index (χ3n) is 1.94. The predicted molar refractivity (Wildman–Crippen MR) is 60.3 cm³/mol. The van der Waals surface area contributed by atoms with Gasteiger partial charge >= 0.3 is 0 Å². The molecule has 0 aromatic carbocycles. The summed E-state index contributed by atoms with van der Waals surface area (Å²) >= 11 is 5.02. The lowest BCUT2D eigenvalue weighted by atomic mass is 10.4. The first kappa shape index (κ1) is 11.8. The van der Waals surface area contributed by atoms with Crippen LogP contribution in [-0.4, -0.2) is 28.1 Å². The summed E-state index contributed by atoms with van der Waals surface area (Å²) in [4.78, 5) is 5.29.